The lowest BCUT2D eigenvalue weighted by Gasteiger charge is -2.10. The predicted molar refractivity (Wildman–Crippen MR) is 72.1 cm³/mol. The van der Waals surface area contributed by atoms with Gasteiger partial charge in [0.15, 0.2) is 0 Å². The van der Waals surface area contributed by atoms with Gasteiger partial charge >= 0.3 is 0 Å². The normalized spacial score (nSPS) is 19.2. The zero-order chi connectivity index (χ0) is 12.3. The molecule has 0 aromatic heterocycles. The van der Waals surface area contributed by atoms with E-state index in [1.54, 1.807) is 12.1 Å². The van der Waals surface area contributed by atoms with E-state index in [0.29, 0.717) is 24.6 Å². The maximum atomic E-state index is 11.9. The fraction of sp³-hybridized carbons (Fsp3) is 0.417. The van der Waals surface area contributed by atoms with Gasteiger partial charge in [0, 0.05) is 22.6 Å². The van der Waals surface area contributed by atoms with Crippen molar-refractivity contribution in [2.24, 2.45) is 5.92 Å². The number of benzene rings is 1. The summed E-state index contributed by atoms with van der Waals surface area (Å²) in [7, 11) is 0. The highest BCUT2D eigenvalue weighted by atomic mass is 127. The number of hydrogen-bond acceptors (Lipinski definition) is 3. The highest BCUT2D eigenvalue weighted by Gasteiger charge is 2.18. The molecule has 1 aliphatic rings. The number of carbonyl (C=O) groups is 1. The molecule has 0 saturated carbocycles. The van der Waals surface area contributed by atoms with Crippen molar-refractivity contribution in [1.82, 2.24) is 5.32 Å². The zero-order valence-corrected chi connectivity index (χ0v) is 11.4. The van der Waals surface area contributed by atoms with Crippen LogP contribution in [0.5, 0.6) is 5.75 Å². The minimum atomic E-state index is -0.229. The molecular formula is C12H14INO3. The summed E-state index contributed by atoms with van der Waals surface area (Å²) < 4.78 is 6.16. The molecule has 1 amide bonds. The third-order valence-corrected chi connectivity index (χ3v) is 3.45. The minimum Gasteiger partial charge on any atom is -0.507 e. The SMILES string of the molecule is O=C(NCC1CCOC1)c1cc(I)ccc1O. The molecule has 0 aliphatic carbocycles. The third-order valence-electron chi connectivity index (χ3n) is 2.78. The Kier molecular flexibility index (Phi) is 4.22. The first-order chi connectivity index (χ1) is 8.16. The Morgan fingerprint density at radius 2 is 2.41 bits per heavy atom. The number of rotatable bonds is 3. The number of amides is 1. The molecule has 1 aliphatic heterocycles. The van der Waals surface area contributed by atoms with Crippen molar-refractivity contribution in [3.8, 4) is 5.75 Å². The van der Waals surface area contributed by atoms with Gasteiger partial charge < -0.3 is 15.2 Å². The van der Waals surface area contributed by atoms with E-state index in [1.165, 1.54) is 6.07 Å². The van der Waals surface area contributed by atoms with Gasteiger partial charge in [0.05, 0.1) is 12.2 Å². The molecule has 0 spiro atoms. The Morgan fingerprint density at radius 3 is 3.12 bits per heavy atom. The fourth-order valence-corrected chi connectivity index (χ4v) is 2.26. The first-order valence-electron chi connectivity index (χ1n) is 5.51. The lowest BCUT2D eigenvalue weighted by atomic mass is 10.1. The van der Waals surface area contributed by atoms with E-state index in [1.807, 2.05) is 0 Å². The van der Waals surface area contributed by atoms with E-state index in [0.717, 1.165) is 16.6 Å². The number of hydrogen-bond donors (Lipinski definition) is 2. The molecular weight excluding hydrogens is 333 g/mol. The van der Waals surface area contributed by atoms with Gasteiger partial charge in [0.1, 0.15) is 5.75 Å². The van der Waals surface area contributed by atoms with Gasteiger partial charge in [-0.25, -0.2) is 0 Å². The van der Waals surface area contributed by atoms with Crippen LogP contribution in [0.1, 0.15) is 16.8 Å². The van der Waals surface area contributed by atoms with Crippen LogP contribution in [0.15, 0.2) is 18.2 Å². The zero-order valence-electron chi connectivity index (χ0n) is 9.28. The third kappa shape index (κ3) is 3.32. The minimum absolute atomic E-state index is 0.0191. The predicted octanol–water partition coefficient (Wildman–Crippen LogP) is 1.76. The van der Waals surface area contributed by atoms with Crippen LogP contribution in [-0.4, -0.2) is 30.8 Å². The number of nitrogens with one attached hydrogen (secondary N) is 1. The number of halogens is 1. The Hall–Kier alpha value is -0.820. The number of ether oxygens (including phenoxy) is 1. The van der Waals surface area contributed by atoms with Crippen molar-refractivity contribution in [1.29, 1.82) is 0 Å². The lowest BCUT2D eigenvalue weighted by Crippen LogP contribution is -2.29. The van der Waals surface area contributed by atoms with Crippen LogP contribution < -0.4 is 5.32 Å². The number of carbonyl (C=O) groups excluding carboxylic acids is 1. The standard InChI is InChI=1S/C12H14INO3/c13-9-1-2-11(15)10(5-9)12(16)14-6-8-3-4-17-7-8/h1-2,5,8,15H,3-4,6-7H2,(H,14,16). The van der Waals surface area contributed by atoms with Gasteiger partial charge in [0.2, 0.25) is 0 Å². The Bertz CT molecular complexity index is 416. The molecule has 2 N–H and O–H groups in total. The topological polar surface area (TPSA) is 58.6 Å². The smallest absolute Gasteiger partial charge is 0.255 e. The first-order valence-corrected chi connectivity index (χ1v) is 6.59. The van der Waals surface area contributed by atoms with Crippen LogP contribution in [0.4, 0.5) is 0 Å². The molecule has 4 nitrogen and oxygen atoms in total. The van der Waals surface area contributed by atoms with E-state index < -0.39 is 0 Å². The Labute approximate surface area is 113 Å². The summed E-state index contributed by atoms with van der Waals surface area (Å²) in [6, 6.07) is 4.98. The summed E-state index contributed by atoms with van der Waals surface area (Å²) in [5.41, 5.74) is 0.329. The van der Waals surface area contributed by atoms with Gasteiger partial charge in [-0.2, -0.15) is 0 Å². The molecule has 0 radical (unpaired) electrons. The molecule has 5 heteroatoms. The molecule has 17 heavy (non-hydrogen) atoms. The first kappa shape index (κ1) is 12.6. The maximum Gasteiger partial charge on any atom is 0.255 e. The van der Waals surface area contributed by atoms with Crippen LogP contribution in [0.3, 0.4) is 0 Å². The largest absolute Gasteiger partial charge is 0.507 e. The number of phenols is 1. The van der Waals surface area contributed by atoms with Gasteiger partial charge in [-0.05, 0) is 47.2 Å². The molecule has 1 unspecified atom stereocenters. The molecule has 1 aromatic rings. The molecule has 1 saturated heterocycles. The highest BCUT2D eigenvalue weighted by molar-refractivity contribution is 14.1. The van der Waals surface area contributed by atoms with E-state index in [9.17, 15) is 9.90 Å². The Balaban J connectivity index is 1.96. The van der Waals surface area contributed by atoms with Gasteiger partial charge in [-0.15, -0.1) is 0 Å². The Morgan fingerprint density at radius 1 is 1.59 bits per heavy atom. The average Bonchev–Trinajstić information content (AvgIpc) is 2.82. The van der Waals surface area contributed by atoms with Crippen LogP contribution in [0.2, 0.25) is 0 Å². The summed E-state index contributed by atoms with van der Waals surface area (Å²) >= 11 is 2.11. The van der Waals surface area contributed by atoms with Crippen molar-refractivity contribution in [3.05, 3.63) is 27.3 Å². The molecule has 0 bridgehead atoms. The second-order valence-electron chi connectivity index (χ2n) is 4.10. The summed E-state index contributed by atoms with van der Waals surface area (Å²) in [6.45, 7) is 2.08. The van der Waals surface area contributed by atoms with Crippen LogP contribution in [0, 0.1) is 9.49 Å². The van der Waals surface area contributed by atoms with Crippen LogP contribution >= 0.6 is 22.6 Å². The van der Waals surface area contributed by atoms with E-state index >= 15 is 0 Å². The number of phenolic OH excluding ortho intramolecular Hbond substituents is 1. The van der Waals surface area contributed by atoms with Crippen molar-refractivity contribution in [3.63, 3.8) is 0 Å². The molecule has 92 valence electrons. The summed E-state index contributed by atoms with van der Waals surface area (Å²) in [4.78, 5) is 11.9. The summed E-state index contributed by atoms with van der Waals surface area (Å²) in [5.74, 6) is 0.183. The van der Waals surface area contributed by atoms with Crippen LogP contribution in [0.25, 0.3) is 0 Å². The second kappa shape index (κ2) is 5.68. The lowest BCUT2D eigenvalue weighted by molar-refractivity contribution is 0.0942. The van der Waals surface area contributed by atoms with E-state index in [2.05, 4.69) is 27.9 Å². The van der Waals surface area contributed by atoms with Crippen molar-refractivity contribution in [2.45, 2.75) is 6.42 Å². The van der Waals surface area contributed by atoms with Crippen molar-refractivity contribution < 1.29 is 14.6 Å². The monoisotopic (exact) mass is 347 g/mol. The number of aromatic hydroxyl groups is 1. The summed E-state index contributed by atoms with van der Waals surface area (Å²) in [5, 5.41) is 12.4. The van der Waals surface area contributed by atoms with Crippen LogP contribution in [-0.2, 0) is 4.74 Å². The van der Waals surface area contributed by atoms with Crippen molar-refractivity contribution in [2.75, 3.05) is 19.8 Å². The molecule has 2 rings (SSSR count). The molecule has 1 heterocycles. The molecule has 1 aromatic carbocycles. The van der Waals surface area contributed by atoms with Gasteiger partial charge in [-0.1, -0.05) is 0 Å². The highest BCUT2D eigenvalue weighted by Crippen LogP contribution is 2.19. The molecule has 1 atom stereocenters. The van der Waals surface area contributed by atoms with Crippen molar-refractivity contribution >= 4 is 28.5 Å². The summed E-state index contributed by atoms with van der Waals surface area (Å²) in [6.07, 6.45) is 0.985. The van der Waals surface area contributed by atoms with E-state index in [-0.39, 0.29) is 11.7 Å². The second-order valence-corrected chi connectivity index (χ2v) is 5.35. The molecule has 1 fully saturated rings. The fourth-order valence-electron chi connectivity index (χ4n) is 1.77. The van der Waals surface area contributed by atoms with Gasteiger partial charge in [0.25, 0.3) is 5.91 Å². The quantitative estimate of drug-likeness (QED) is 0.820. The van der Waals surface area contributed by atoms with E-state index in [4.69, 9.17) is 4.74 Å². The van der Waals surface area contributed by atoms with Gasteiger partial charge in [-0.3, -0.25) is 4.79 Å². The average molecular weight is 347 g/mol. The maximum absolute atomic E-state index is 11.9.